The first kappa shape index (κ1) is 19.1. The molecule has 1 aliphatic heterocycles. The van der Waals surface area contributed by atoms with Gasteiger partial charge in [-0.3, -0.25) is 14.5 Å². The van der Waals surface area contributed by atoms with Gasteiger partial charge in [-0.1, -0.05) is 25.8 Å². The number of carbonyl (C=O) groups excluding carboxylic acids is 4. The number of urea groups is 1. The first-order valence-electron chi connectivity index (χ1n) is 8.41. The molecule has 1 fully saturated rings. The highest BCUT2D eigenvalue weighted by molar-refractivity contribution is 7.10. The van der Waals surface area contributed by atoms with E-state index in [0.717, 1.165) is 24.2 Å². The molecule has 1 N–H and O–H groups in total. The fraction of sp³-hybridized carbons (Fsp3) is 0.529. The molecule has 8 heteroatoms. The summed E-state index contributed by atoms with van der Waals surface area (Å²) >= 11 is 1.33. The van der Waals surface area contributed by atoms with Crippen molar-refractivity contribution in [1.82, 2.24) is 15.1 Å². The van der Waals surface area contributed by atoms with E-state index in [4.69, 9.17) is 0 Å². The molecular formula is C17H23N3O4S. The first-order chi connectivity index (χ1) is 12.0. The van der Waals surface area contributed by atoms with Gasteiger partial charge in [-0.15, -0.1) is 11.3 Å². The Labute approximate surface area is 151 Å². The van der Waals surface area contributed by atoms with Crippen molar-refractivity contribution in [3.8, 4) is 0 Å². The topological polar surface area (TPSA) is 86.8 Å². The Morgan fingerprint density at radius 3 is 2.76 bits per heavy atom. The first-order valence-corrected chi connectivity index (χ1v) is 9.29. The van der Waals surface area contributed by atoms with Gasteiger partial charge in [-0.2, -0.15) is 0 Å². The SMILES string of the molecule is CCCCCN1C[C@@H](C)N(C(=O)NC(C=O)c2cccs2)C(=O)C1=O. The lowest BCUT2D eigenvalue weighted by Gasteiger charge is -2.37. The van der Waals surface area contributed by atoms with Crippen LogP contribution in [0, 0.1) is 0 Å². The molecule has 0 aromatic carbocycles. The van der Waals surface area contributed by atoms with Crippen LogP contribution in [0.5, 0.6) is 0 Å². The molecule has 1 aromatic heterocycles. The maximum Gasteiger partial charge on any atom is 0.325 e. The minimum Gasteiger partial charge on any atom is -0.332 e. The van der Waals surface area contributed by atoms with Crippen LogP contribution >= 0.6 is 11.3 Å². The number of nitrogens with one attached hydrogen (secondary N) is 1. The molecule has 25 heavy (non-hydrogen) atoms. The molecule has 1 unspecified atom stereocenters. The second-order valence-corrected chi connectivity index (χ2v) is 7.04. The Kier molecular flexibility index (Phi) is 6.69. The van der Waals surface area contributed by atoms with E-state index in [1.807, 2.05) is 0 Å². The van der Waals surface area contributed by atoms with Crippen molar-refractivity contribution in [2.24, 2.45) is 0 Å². The number of hydrogen-bond donors (Lipinski definition) is 1. The van der Waals surface area contributed by atoms with Crippen molar-refractivity contribution < 1.29 is 19.2 Å². The van der Waals surface area contributed by atoms with Crippen LogP contribution in [0.25, 0.3) is 0 Å². The van der Waals surface area contributed by atoms with E-state index in [9.17, 15) is 19.2 Å². The molecule has 0 bridgehead atoms. The molecule has 2 rings (SSSR count). The van der Waals surface area contributed by atoms with Gasteiger partial charge in [0.2, 0.25) is 0 Å². The largest absolute Gasteiger partial charge is 0.332 e. The minimum atomic E-state index is -0.844. The third-order valence-corrected chi connectivity index (χ3v) is 5.08. The van der Waals surface area contributed by atoms with E-state index in [0.29, 0.717) is 24.3 Å². The zero-order valence-corrected chi connectivity index (χ0v) is 15.3. The highest BCUT2D eigenvalue weighted by Crippen LogP contribution is 2.19. The Morgan fingerprint density at radius 2 is 2.16 bits per heavy atom. The van der Waals surface area contributed by atoms with Crippen LogP contribution in [0.1, 0.15) is 44.0 Å². The number of carbonyl (C=O) groups is 4. The van der Waals surface area contributed by atoms with Crippen LogP contribution in [0.15, 0.2) is 17.5 Å². The molecule has 0 aliphatic carbocycles. The number of rotatable bonds is 7. The van der Waals surface area contributed by atoms with Crippen LogP contribution in [-0.2, 0) is 14.4 Å². The maximum atomic E-state index is 12.5. The molecule has 136 valence electrons. The predicted molar refractivity (Wildman–Crippen MR) is 94.1 cm³/mol. The second kappa shape index (κ2) is 8.75. The quantitative estimate of drug-likeness (QED) is 0.454. The van der Waals surface area contributed by atoms with Crippen molar-refractivity contribution in [1.29, 1.82) is 0 Å². The van der Waals surface area contributed by atoms with E-state index < -0.39 is 29.9 Å². The average Bonchev–Trinajstić information content (AvgIpc) is 3.11. The number of hydrogen-bond acceptors (Lipinski definition) is 5. The molecular weight excluding hydrogens is 342 g/mol. The second-order valence-electron chi connectivity index (χ2n) is 6.06. The number of aldehydes is 1. The van der Waals surface area contributed by atoms with Gasteiger partial charge in [0, 0.05) is 18.0 Å². The Morgan fingerprint density at radius 1 is 1.40 bits per heavy atom. The van der Waals surface area contributed by atoms with Crippen molar-refractivity contribution in [2.45, 2.75) is 45.2 Å². The number of amides is 4. The van der Waals surface area contributed by atoms with Gasteiger partial charge < -0.3 is 15.0 Å². The maximum absolute atomic E-state index is 12.5. The van der Waals surface area contributed by atoms with Gasteiger partial charge in [0.1, 0.15) is 12.3 Å². The lowest BCUT2D eigenvalue weighted by Crippen LogP contribution is -2.62. The van der Waals surface area contributed by atoms with Crippen LogP contribution in [0.4, 0.5) is 4.79 Å². The summed E-state index contributed by atoms with van der Waals surface area (Å²) in [5.74, 6) is -1.51. The molecule has 1 aliphatic rings. The third-order valence-electron chi connectivity index (χ3n) is 4.13. The predicted octanol–water partition coefficient (Wildman–Crippen LogP) is 1.95. The zero-order chi connectivity index (χ0) is 18.4. The highest BCUT2D eigenvalue weighted by Gasteiger charge is 2.40. The van der Waals surface area contributed by atoms with Crippen LogP contribution in [0.3, 0.4) is 0 Å². The van der Waals surface area contributed by atoms with Crippen LogP contribution < -0.4 is 5.32 Å². The minimum absolute atomic E-state index is 0.312. The molecule has 0 saturated carbocycles. The number of unbranched alkanes of at least 4 members (excludes halogenated alkanes) is 2. The van der Waals surface area contributed by atoms with Crippen LogP contribution in [0.2, 0.25) is 0 Å². The van der Waals surface area contributed by atoms with Gasteiger partial charge in [0.25, 0.3) is 0 Å². The lowest BCUT2D eigenvalue weighted by molar-refractivity contribution is -0.156. The Hall–Kier alpha value is -2.22. The van der Waals surface area contributed by atoms with Gasteiger partial charge >= 0.3 is 17.8 Å². The summed E-state index contributed by atoms with van der Waals surface area (Å²) < 4.78 is 0. The zero-order valence-electron chi connectivity index (χ0n) is 14.4. The van der Waals surface area contributed by atoms with Crippen molar-refractivity contribution in [2.75, 3.05) is 13.1 Å². The summed E-state index contributed by atoms with van der Waals surface area (Å²) in [6, 6.07) is 1.51. The van der Waals surface area contributed by atoms with Gasteiger partial charge in [-0.05, 0) is 24.8 Å². The molecule has 2 heterocycles. The summed E-state index contributed by atoms with van der Waals surface area (Å²) in [5, 5.41) is 4.32. The van der Waals surface area contributed by atoms with Crippen molar-refractivity contribution in [3.63, 3.8) is 0 Å². The van der Waals surface area contributed by atoms with E-state index in [1.54, 1.807) is 24.4 Å². The Bertz CT molecular complexity index is 632. The Balaban J connectivity index is 2.03. The fourth-order valence-corrected chi connectivity index (χ4v) is 3.54. The number of piperazine rings is 1. The van der Waals surface area contributed by atoms with E-state index >= 15 is 0 Å². The van der Waals surface area contributed by atoms with Gasteiger partial charge in [-0.25, -0.2) is 4.79 Å². The average molecular weight is 365 g/mol. The standard InChI is InChI=1S/C17H23N3O4S/c1-3-4-5-8-19-10-12(2)20(16(23)15(19)22)17(24)18-13(11-21)14-7-6-9-25-14/h6-7,9,11-13H,3-5,8,10H2,1-2H3,(H,18,24)/t12-,13?/m1/s1. The molecule has 2 atom stereocenters. The summed E-state index contributed by atoms with van der Waals surface area (Å²) in [6.07, 6.45) is 3.45. The summed E-state index contributed by atoms with van der Waals surface area (Å²) in [4.78, 5) is 51.4. The molecule has 1 saturated heterocycles. The molecule has 4 amide bonds. The van der Waals surface area contributed by atoms with Crippen LogP contribution in [-0.4, -0.2) is 53.1 Å². The van der Waals surface area contributed by atoms with E-state index in [2.05, 4.69) is 12.2 Å². The number of imide groups is 1. The fourth-order valence-electron chi connectivity index (χ4n) is 2.80. The highest BCUT2D eigenvalue weighted by atomic mass is 32.1. The van der Waals surface area contributed by atoms with Gasteiger partial charge in [0.05, 0.1) is 6.04 Å². The molecule has 7 nitrogen and oxygen atoms in total. The number of nitrogens with zero attached hydrogens (tertiary/aromatic N) is 2. The molecule has 1 aromatic rings. The molecule has 0 radical (unpaired) electrons. The third kappa shape index (κ3) is 4.45. The van der Waals surface area contributed by atoms with E-state index in [1.165, 1.54) is 16.2 Å². The van der Waals surface area contributed by atoms with Gasteiger partial charge in [0.15, 0.2) is 0 Å². The van der Waals surface area contributed by atoms with E-state index in [-0.39, 0.29) is 0 Å². The van der Waals surface area contributed by atoms with Crippen molar-refractivity contribution in [3.05, 3.63) is 22.4 Å². The normalized spacial score (nSPS) is 19.0. The smallest absolute Gasteiger partial charge is 0.325 e. The van der Waals surface area contributed by atoms with Crippen molar-refractivity contribution >= 4 is 35.5 Å². The summed E-state index contributed by atoms with van der Waals surface area (Å²) in [6.45, 7) is 4.61. The lowest BCUT2D eigenvalue weighted by atomic mass is 10.1. The summed E-state index contributed by atoms with van der Waals surface area (Å²) in [7, 11) is 0. The summed E-state index contributed by atoms with van der Waals surface area (Å²) in [5.41, 5.74) is 0. The monoisotopic (exact) mass is 365 g/mol. The molecule has 0 spiro atoms. The number of thiophene rings is 1.